The fraction of sp³-hybridized carbons (Fsp3) is 0.333. The number of carbonyl (C=O) groups excluding carboxylic acids is 1. The number of sulfone groups is 1. The summed E-state index contributed by atoms with van der Waals surface area (Å²) in [6, 6.07) is 13.7. The van der Waals surface area contributed by atoms with Gasteiger partial charge in [0.25, 0.3) is 5.91 Å². The van der Waals surface area contributed by atoms with Crippen LogP contribution in [0.5, 0.6) is 0 Å². The summed E-state index contributed by atoms with van der Waals surface area (Å²) in [7, 11) is -3.88. The second-order valence-corrected chi connectivity index (χ2v) is 13.0. The van der Waals surface area contributed by atoms with Crippen molar-refractivity contribution in [2.24, 2.45) is 5.73 Å². The molecule has 2 aromatic carbocycles. The minimum atomic E-state index is -3.88. The molecule has 0 aliphatic carbocycles. The maximum absolute atomic E-state index is 13.6. The van der Waals surface area contributed by atoms with E-state index in [1.165, 1.54) is 29.2 Å². The van der Waals surface area contributed by atoms with E-state index in [1.54, 1.807) is 30.5 Å². The Hall–Kier alpha value is -2.70. The van der Waals surface area contributed by atoms with Crippen molar-refractivity contribution in [2.45, 2.75) is 27.3 Å². The summed E-state index contributed by atoms with van der Waals surface area (Å²) in [5, 5.41) is 10.7. The lowest BCUT2D eigenvalue weighted by molar-refractivity contribution is 0.0374. The van der Waals surface area contributed by atoms with Gasteiger partial charge >= 0.3 is 0 Å². The van der Waals surface area contributed by atoms with Gasteiger partial charge in [-0.3, -0.25) is 15.1 Å². The number of carbonyl (C=O) groups is 1. The van der Waals surface area contributed by atoms with Crippen molar-refractivity contribution in [3.63, 3.8) is 0 Å². The van der Waals surface area contributed by atoms with Crippen LogP contribution in [0.4, 0.5) is 0 Å². The molecule has 2 heterocycles. The SMILES string of the molecule is CSc1sc(C(=N)N)cc1S(=O)(=O)c1cccc(-c2c(C)cccc2C(=O)NCCCN2CCOCC2)c1. The van der Waals surface area contributed by atoms with E-state index in [9.17, 15) is 13.2 Å². The fourth-order valence-corrected chi connectivity index (χ4v) is 8.33. The van der Waals surface area contributed by atoms with Crippen molar-refractivity contribution in [1.82, 2.24) is 10.2 Å². The zero-order valence-electron chi connectivity index (χ0n) is 21.5. The molecule has 0 atom stereocenters. The molecule has 0 bridgehead atoms. The minimum absolute atomic E-state index is 0.123. The Balaban J connectivity index is 1.59. The molecule has 1 aliphatic heterocycles. The van der Waals surface area contributed by atoms with Crippen LogP contribution in [0.3, 0.4) is 0 Å². The first-order chi connectivity index (χ1) is 18.2. The number of morpholine rings is 1. The Morgan fingerprint density at radius 3 is 2.63 bits per heavy atom. The third kappa shape index (κ3) is 6.29. The van der Waals surface area contributed by atoms with E-state index in [2.05, 4.69) is 10.2 Å². The highest BCUT2D eigenvalue weighted by Gasteiger charge is 2.26. The number of hydrogen-bond donors (Lipinski definition) is 3. The van der Waals surface area contributed by atoms with E-state index in [-0.39, 0.29) is 21.5 Å². The van der Waals surface area contributed by atoms with Crippen molar-refractivity contribution in [2.75, 3.05) is 45.6 Å². The fourth-order valence-electron chi connectivity index (χ4n) is 4.43. The van der Waals surface area contributed by atoms with E-state index in [0.717, 1.165) is 44.8 Å². The number of nitrogens with zero attached hydrogens (tertiary/aromatic N) is 1. The average molecular weight is 573 g/mol. The molecule has 1 fully saturated rings. The van der Waals surface area contributed by atoms with Crippen molar-refractivity contribution < 1.29 is 17.9 Å². The maximum Gasteiger partial charge on any atom is 0.251 e. The average Bonchev–Trinajstić information content (AvgIpc) is 3.38. The molecule has 0 spiro atoms. The Kier molecular flexibility index (Phi) is 9.27. The van der Waals surface area contributed by atoms with Gasteiger partial charge < -0.3 is 15.8 Å². The van der Waals surface area contributed by atoms with Gasteiger partial charge in [0.1, 0.15) is 5.84 Å². The minimum Gasteiger partial charge on any atom is -0.383 e. The number of thiophene rings is 1. The predicted octanol–water partition coefficient (Wildman–Crippen LogP) is 4.01. The Morgan fingerprint density at radius 2 is 1.92 bits per heavy atom. The van der Waals surface area contributed by atoms with Crippen LogP contribution in [-0.2, 0) is 14.6 Å². The number of nitrogen functional groups attached to an aromatic ring is 1. The third-order valence-corrected chi connectivity index (χ3v) is 10.7. The highest BCUT2D eigenvalue weighted by Crippen LogP contribution is 2.38. The Bertz CT molecular complexity index is 1430. The Morgan fingerprint density at radius 1 is 1.18 bits per heavy atom. The molecule has 4 N–H and O–H groups in total. The predicted molar refractivity (Wildman–Crippen MR) is 153 cm³/mol. The van der Waals surface area contributed by atoms with E-state index in [0.29, 0.717) is 32.3 Å². The zero-order valence-corrected chi connectivity index (χ0v) is 23.9. The number of amides is 1. The van der Waals surface area contributed by atoms with E-state index >= 15 is 0 Å². The third-order valence-electron chi connectivity index (χ3n) is 6.40. The highest BCUT2D eigenvalue weighted by atomic mass is 32.2. The van der Waals surface area contributed by atoms with Crippen LogP contribution in [0.2, 0.25) is 0 Å². The maximum atomic E-state index is 13.6. The van der Waals surface area contributed by atoms with Crippen LogP contribution < -0.4 is 11.1 Å². The largest absolute Gasteiger partial charge is 0.383 e. The molecule has 3 aromatic rings. The number of amidine groups is 1. The van der Waals surface area contributed by atoms with Gasteiger partial charge in [0.15, 0.2) is 0 Å². The lowest BCUT2D eigenvalue weighted by atomic mass is 9.94. The number of nitrogens with two attached hydrogens (primary N) is 1. The van der Waals surface area contributed by atoms with E-state index in [1.807, 2.05) is 25.1 Å². The Labute approximate surface area is 232 Å². The monoisotopic (exact) mass is 572 g/mol. The molecule has 202 valence electrons. The van der Waals surface area contributed by atoms with Gasteiger partial charge in [0, 0.05) is 25.2 Å². The smallest absolute Gasteiger partial charge is 0.251 e. The molecule has 38 heavy (non-hydrogen) atoms. The normalized spacial score (nSPS) is 14.4. The van der Waals surface area contributed by atoms with Crippen LogP contribution in [0.1, 0.15) is 27.2 Å². The molecule has 8 nitrogen and oxygen atoms in total. The first-order valence-electron chi connectivity index (χ1n) is 12.3. The number of thioether (sulfide) groups is 1. The summed E-state index contributed by atoms with van der Waals surface area (Å²) in [5.74, 6) is -0.353. The van der Waals surface area contributed by atoms with Crippen molar-refractivity contribution in [3.05, 3.63) is 64.5 Å². The molecule has 1 aliphatic rings. The van der Waals surface area contributed by atoms with Gasteiger partial charge in [-0.25, -0.2) is 8.42 Å². The first kappa shape index (κ1) is 28.3. The zero-order chi connectivity index (χ0) is 27.3. The van der Waals surface area contributed by atoms with Crippen LogP contribution in [0.25, 0.3) is 11.1 Å². The summed E-state index contributed by atoms with van der Waals surface area (Å²) in [6.07, 6.45) is 2.63. The number of hydrogen-bond acceptors (Lipinski definition) is 8. The van der Waals surface area contributed by atoms with E-state index < -0.39 is 9.84 Å². The van der Waals surface area contributed by atoms with Crippen LogP contribution >= 0.6 is 23.1 Å². The van der Waals surface area contributed by atoms with Crippen LogP contribution in [-0.4, -0.2) is 70.7 Å². The number of rotatable bonds is 10. The number of benzene rings is 2. The molecule has 4 rings (SSSR count). The first-order valence-corrected chi connectivity index (χ1v) is 15.8. The van der Waals surface area contributed by atoms with Crippen LogP contribution in [0, 0.1) is 12.3 Å². The highest BCUT2D eigenvalue weighted by molar-refractivity contribution is 8.01. The number of aryl methyl sites for hydroxylation is 1. The van der Waals surface area contributed by atoms with Crippen molar-refractivity contribution >= 4 is 44.7 Å². The van der Waals surface area contributed by atoms with Crippen molar-refractivity contribution in [3.8, 4) is 11.1 Å². The molecular weight excluding hydrogens is 541 g/mol. The molecule has 1 aromatic heterocycles. The molecule has 1 saturated heterocycles. The van der Waals surface area contributed by atoms with Crippen LogP contribution in [0.15, 0.2) is 62.5 Å². The van der Waals surface area contributed by atoms with Gasteiger partial charge in [-0.15, -0.1) is 23.1 Å². The van der Waals surface area contributed by atoms with Gasteiger partial charge in [-0.2, -0.15) is 0 Å². The molecule has 0 unspecified atom stereocenters. The lowest BCUT2D eigenvalue weighted by Crippen LogP contribution is -2.38. The van der Waals surface area contributed by atoms with Gasteiger partial charge in [0.05, 0.1) is 32.1 Å². The summed E-state index contributed by atoms with van der Waals surface area (Å²) in [6.45, 7) is 6.68. The number of ether oxygens (including phenoxy) is 1. The molecule has 0 radical (unpaired) electrons. The molecule has 0 saturated carbocycles. The van der Waals surface area contributed by atoms with E-state index in [4.69, 9.17) is 15.9 Å². The van der Waals surface area contributed by atoms with Gasteiger partial charge in [-0.1, -0.05) is 24.3 Å². The van der Waals surface area contributed by atoms with Gasteiger partial charge in [0.2, 0.25) is 9.84 Å². The summed E-state index contributed by atoms with van der Waals surface area (Å²) < 4.78 is 33.2. The second-order valence-electron chi connectivity index (χ2n) is 8.97. The molecular formula is C27H32N4O4S3. The molecule has 11 heteroatoms. The quantitative estimate of drug-likeness (QED) is 0.145. The summed E-state index contributed by atoms with van der Waals surface area (Å²) in [5.41, 5.74) is 8.35. The topological polar surface area (TPSA) is 126 Å². The van der Waals surface area contributed by atoms with Crippen molar-refractivity contribution in [1.29, 1.82) is 5.41 Å². The summed E-state index contributed by atoms with van der Waals surface area (Å²) in [4.78, 5) is 16.2. The lowest BCUT2D eigenvalue weighted by Gasteiger charge is -2.26. The standard InChI is InChI=1S/C27H32N4O4S3/c1-18-6-3-9-21(26(32)30-10-5-11-31-12-14-35-15-13-31)24(18)19-7-4-8-20(16-19)38(33,34)23-17-22(25(28)29)37-27(23)36-2/h3-4,6-9,16-17H,5,10-15H2,1-2H3,(H3,28,29)(H,30,32). The van der Waals surface area contributed by atoms with Gasteiger partial charge in [-0.05, 0) is 67.1 Å². The number of nitrogens with one attached hydrogen (secondary N) is 2. The molecule has 1 amide bonds. The second kappa shape index (κ2) is 12.4. The summed E-state index contributed by atoms with van der Waals surface area (Å²) >= 11 is 2.50.